The van der Waals surface area contributed by atoms with Gasteiger partial charge in [-0.15, -0.1) is 0 Å². The van der Waals surface area contributed by atoms with Gasteiger partial charge < -0.3 is 10.6 Å². The number of fused-ring (bicyclic) bond motifs is 1. The first-order valence-electron chi connectivity index (χ1n) is 7.96. The zero-order valence-corrected chi connectivity index (χ0v) is 15.5. The highest BCUT2D eigenvalue weighted by molar-refractivity contribution is 6.42. The summed E-state index contributed by atoms with van der Waals surface area (Å²) in [5, 5.41) is 30.3. The maximum absolute atomic E-state index is 9.95. The van der Waals surface area contributed by atoms with E-state index >= 15 is 0 Å². The van der Waals surface area contributed by atoms with Gasteiger partial charge in [0.25, 0.3) is 0 Å². The third kappa shape index (κ3) is 2.56. The molecule has 0 radical (unpaired) electrons. The summed E-state index contributed by atoms with van der Waals surface area (Å²) < 4.78 is 0. The molecule has 7 heteroatoms. The molecule has 0 saturated carbocycles. The molecule has 3 rings (SSSR count). The average molecular weight is 384 g/mol. The van der Waals surface area contributed by atoms with Crippen molar-refractivity contribution in [3.05, 3.63) is 56.7 Å². The van der Waals surface area contributed by atoms with Gasteiger partial charge in [0, 0.05) is 24.9 Å². The van der Waals surface area contributed by atoms with Crippen LogP contribution in [-0.2, 0) is 0 Å². The number of benzene rings is 1. The molecule has 1 heterocycles. The molecular weight excluding hydrogens is 369 g/mol. The third-order valence-electron chi connectivity index (χ3n) is 5.15. The molecule has 2 atom stereocenters. The Kier molecular flexibility index (Phi) is 4.70. The predicted octanol–water partition coefficient (Wildman–Crippen LogP) is 3.35. The summed E-state index contributed by atoms with van der Waals surface area (Å²) in [5.41, 5.74) is 6.32. The van der Waals surface area contributed by atoms with Crippen molar-refractivity contribution in [1.82, 2.24) is 4.90 Å². The second-order valence-corrected chi connectivity index (χ2v) is 7.38. The zero-order chi connectivity index (χ0) is 19.1. The van der Waals surface area contributed by atoms with Crippen LogP contribution in [0, 0.1) is 45.3 Å². The van der Waals surface area contributed by atoms with Gasteiger partial charge in [0.05, 0.1) is 33.5 Å². The fourth-order valence-corrected chi connectivity index (χ4v) is 4.21. The lowest BCUT2D eigenvalue weighted by molar-refractivity contribution is 0.237. The Morgan fingerprint density at radius 3 is 2.46 bits per heavy atom. The molecule has 5 nitrogen and oxygen atoms in total. The van der Waals surface area contributed by atoms with E-state index < -0.39 is 11.3 Å². The number of rotatable bonds is 1. The molecule has 0 aromatic heterocycles. The van der Waals surface area contributed by atoms with Crippen molar-refractivity contribution in [3.8, 4) is 18.2 Å². The van der Waals surface area contributed by atoms with Crippen LogP contribution in [0.3, 0.4) is 0 Å². The summed E-state index contributed by atoms with van der Waals surface area (Å²) in [5.74, 6) is -0.786. The van der Waals surface area contributed by atoms with E-state index in [1.165, 1.54) is 0 Å². The molecule has 1 aromatic rings. The second-order valence-electron chi connectivity index (χ2n) is 6.57. The fourth-order valence-electron chi connectivity index (χ4n) is 3.91. The lowest BCUT2D eigenvalue weighted by Gasteiger charge is -2.45. The predicted molar refractivity (Wildman–Crippen MR) is 98.8 cm³/mol. The van der Waals surface area contributed by atoms with Gasteiger partial charge in [-0.2, -0.15) is 15.8 Å². The monoisotopic (exact) mass is 383 g/mol. The SMILES string of the molecule is CN1CC=C2C(C#N)=C(N)C(C#N)(C#N)C(c3ccc(Cl)c(Cl)c3)C2C1. The van der Waals surface area contributed by atoms with Crippen molar-refractivity contribution in [2.75, 3.05) is 20.1 Å². The van der Waals surface area contributed by atoms with E-state index in [0.29, 0.717) is 28.7 Å². The molecule has 2 unspecified atom stereocenters. The molecular formula is C19H15Cl2N5. The summed E-state index contributed by atoms with van der Waals surface area (Å²) in [6.07, 6.45) is 1.95. The van der Waals surface area contributed by atoms with Crippen molar-refractivity contribution >= 4 is 23.2 Å². The van der Waals surface area contributed by atoms with Crippen LogP contribution in [-0.4, -0.2) is 25.0 Å². The summed E-state index contributed by atoms with van der Waals surface area (Å²) >= 11 is 12.2. The Hall–Kier alpha value is -2.49. The minimum absolute atomic E-state index is 0.00752. The average Bonchev–Trinajstić information content (AvgIpc) is 2.63. The molecule has 0 saturated heterocycles. The molecule has 26 heavy (non-hydrogen) atoms. The largest absolute Gasteiger partial charge is 0.399 e. The number of allylic oxidation sites excluding steroid dienone is 2. The first-order valence-corrected chi connectivity index (χ1v) is 8.72. The number of nitrogens with zero attached hydrogens (tertiary/aromatic N) is 4. The fraction of sp³-hybridized carbons (Fsp3) is 0.316. The minimum atomic E-state index is -1.65. The maximum atomic E-state index is 9.95. The Labute approximate surface area is 162 Å². The summed E-state index contributed by atoms with van der Waals surface area (Å²) in [4.78, 5) is 2.08. The van der Waals surface area contributed by atoms with Crippen LogP contribution >= 0.6 is 23.2 Å². The topological polar surface area (TPSA) is 101 Å². The van der Waals surface area contributed by atoms with E-state index in [4.69, 9.17) is 28.9 Å². The molecule has 1 aromatic carbocycles. The highest BCUT2D eigenvalue weighted by Gasteiger charge is 2.54. The molecule has 130 valence electrons. The first kappa shape index (κ1) is 18.3. The third-order valence-corrected chi connectivity index (χ3v) is 5.89. The van der Waals surface area contributed by atoms with Crippen LogP contribution in [0.25, 0.3) is 0 Å². The summed E-state index contributed by atoms with van der Waals surface area (Å²) in [7, 11) is 1.95. The summed E-state index contributed by atoms with van der Waals surface area (Å²) in [6, 6.07) is 11.4. The van der Waals surface area contributed by atoms with Crippen LogP contribution in [0.1, 0.15) is 11.5 Å². The van der Waals surface area contributed by atoms with Crippen LogP contribution in [0.15, 0.2) is 41.1 Å². The number of halogens is 2. The van der Waals surface area contributed by atoms with Gasteiger partial charge in [-0.05, 0) is 30.3 Å². The number of likely N-dealkylation sites (N-methyl/N-ethyl adjacent to an activating group) is 1. The van der Waals surface area contributed by atoms with Crippen LogP contribution in [0.4, 0.5) is 0 Å². The maximum Gasteiger partial charge on any atom is 0.191 e. The molecule has 1 aliphatic heterocycles. The Bertz CT molecular complexity index is 944. The highest BCUT2D eigenvalue weighted by Crippen LogP contribution is 2.54. The van der Waals surface area contributed by atoms with Crippen molar-refractivity contribution in [1.29, 1.82) is 15.8 Å². The lowest BCUT2D eigenvalue weighted by Crippen LogP contribution is -2.47. The van der Waals surface area contributed by atoms with Crippen LogP contribution in [0.2, 0.25) is 10.0 Å². The quantitative estimate of drug-likeness (QED) is 0.800. The lowest BCUT2D eigenvalue weighted by atomic mass is 9.58. The minimum Gasteiger partial charge on any atom is -0.399 e. The molecule has 1 aliphatic carbocycles. The highest BCUT2D eigenvalue weighted by atomic mass is 35.5. The van der Waals surface area contributed by atoms with Crippen LogP contribution in [0.5, 0.6) is 0 Å². The Morgan fingerprint density at radius 1 is 1.19 bits per heavy atom. The molecule has 2 aliphatic rings. The van der Waals surface area contributed by atoms with Crippen molar-refractivity contribution in [3.63, 3.8) is 0 Å². The molecule has 0 fully saturated rings. The zero-order valence-electron chi connectivity index (χ0n) is 14.0. The van der Waals surface area contributed by atoms with Gasteiger partial charge in [0.2, 0.25) is 0 Å². The first-order chi connectivity index (χ1) is 12.4. The van der Waals surface area contributed by atoms with Gasteiger partial charge in [-0.1, -0.05) is 35.3 Å². The van der Waals surface area contributed by atoms with Crippen molar-refractivity contribution in [2.24, 2.45) is 17.1 Å². The van der Waals surface area contributed by atoms with E-state index in [1.807, 2.05) is 13.1 Å². The van der Waals surface area contributed by atoms with Gasteiger partial charge in [0.1, 0.15) is 6.07 Å². The van der Waals surface area contributed by atoms with E-state index in [2.05, 4.69) is 23.1 Å². The smallest absolute Gasteiger partial charge is 0.191 e. The number of hydrogen-bond acceptors (Lipinski definition) is 5. The molecule has 0 spiro atoms. The molecule has 0 bridgehead atoms. The number of nitrogens with two attached hydrogens (primary N) is 1. The standard InChI is InChI=1S/C19H15Cl2N5/c1-26-5-4-12-13(7-22)18(25)19(9-23,10-24)17(14(12)8-26)11-2-3-15(20)16(21)6-11/h2-4,6,14,17H,5,8,25H2,1H3. The normalized spacial score (nSPS) is 24.7. The van der Waals surface area contributed by atoms with Gasteiger partial charge >= 0.3 is 0 Å². The second kappa shape index (κ2) is 6.67. The van der Waals surface area contributed by atoms with Gasteiger partial charge in [-0.3, -0.25) is 0 Å². The molecule has 2 N–H and O–H groups in total. The van der Waals surface area contributed by atoms with Crippen molar-refractivity contribution in [2.45, 2.75) is 5.92 Å². The van der Waals surface area contributed by atoms with Gasteiger partial charge in [-0.25, -0.2) is 0 Å². The van der Waals surface area contributed by atoms with E-state index in [-0.39, 0.29) is 17.2 Å². The summed E-state index contributed by atoms with van der Waals surface area (Å²) in [6.45, 7) is 1.27. The Morgan fingerprint density at radius 2 is 1.88 bits per heavy atom. The van der Waals surface area contributed by atoms with E-state index in [1.54, 1.807) is 18.2 Å². The van der Waals surface area contributed by atoms with E-state index in [0.717, 1.165) is 5.57 Å². The number of nitriles is 3. The Balaban J connectivity index is 2.34. The van der Waals surface area contributed by atoms with Crippen molar-refractivity contribution < 1.29 is 0 Å². The molecule has 0 amide bonds. The van der Waals surface area contributed by atoms with E-state index in [9.17, 15) is 15.8 Å². The van der Waals surface area contributed by atoms with Crippen LogP contribution < -0.4 is 5.73 Å². The van der Waals surface area contributed by atoms with Gasteiger partial charge in [0.15, 0.2) is 5.41 Å². The number of hydrogen-bond donors (Lipinski definition) is 1.